The maximum Gasteiger partial charge on any atom is 0.247 e. The van der Waals surface area contributed by atoms with E-state index in [2.05, 4.69) is 46.9 Å². The second kappa shape index (κ2) is 3.80. The molecule has 0 saturated heterocycles. The molecule has 0 bridgehead atoms. The molecular weight excluding hydrogens is 200 g/mol. The van der Waals surface area contributed by atoms with Crippen LogP contribution in [0.5, 0.6) is 0 Å². The summed E-state index contributed by atoms with van der Waals surface area (Å²) in [5, 5.41) is 2.48. The molecule has 0 aromatic heterocycles. The number of rotatable bonds is 2. The third-order valence-corrected chi connectivity index (χ3v) is 3.20. The summed E-state index contributed by atoms with van der Waals surface area (Å²) in [6.07, 6.45) is 0. The third kappa shape index (κ3) is 1.83. The molecule has 0 aliphatic heterocycles. The van der Waals surface area contributed by atoms with E-state index >= 15 is 0 Å². The quantitative estimate of drug-likeness (QED) is 0.696. The highest BCUT2D eigenvalue weighted by molar-refractivity contribution is 5.98. The summed E-state index contributed by atoms with van der Waals surface area (Å²) in [4.78, 5) is 0. The summed E-state index contributed by atoms with van der Waals surface area (Å²) < 4.78 is 5.34. The average Bonchev–Trinajstić information content (AvgIpc) is 2.28. The Balaban J connectivity index is 2.71. The van der Waals surface area contributed by atoms with Gasteiger partial charge in [0.2, 0.25) is 10.5 Å². The predicted molar refractivity (Wildman–Crippen MR) is 63.8 cm³/mol. The molecule has 0 amide bonds. The molecule has 0 fully saturated rings. The van der Waals surface area contributed by atoms with Gasteiger partial charge >= 0.3 is 0 Å². The summed E-state index contributed by atoms with van der Waals surface area (Å²) in [5.41, 5.74) is 0.869. The van der Waals surface area contributed by atoms with E-state index in [-0.39, 0.29) is 5.60 Å². The van der Waals surface area contributed by atoms with E-state index in [1.807, 2.05) is 19.9 Å². The van der Waals surface area contributed by atoms with Gasteiger partial charge in [0.1, 0.15) is 0 Å². The zero-order chi connectivity index (χ0) is 10.9. The first kappa shape index (κ1) is 10.4. The van der Waals surface area contributed by atoms with Gasteiger partial charge < -0.3 is 4.43 Å². The fraction of sp³-hybridized carbons (Fsp3) is 0.231. The molecule has 2 aromatic carbocycles. The van der Waals surface area contributed by atoms with Gasteiger partial charge in [-0.2, -0.15) is 0 Å². The Morgan fingerprint density at radius 1 is 1.00 bits per heavy atom. The van der Waals surface area contributed by atoms with Gasteiger partial charge in [0.05, 0.1) is 5.60 Å². The standard InChI is InChI=1S/C13H13OSi/c1-13(2,14-15)12-9-5-7-10-6-3-4-8-11(10)12/h3-9H,1-2H3. The summed E-state index contributed by atoms with van der Waals surface area (Å²) in [6, 6.07) is 14.6. The first-order valence-electron chi connectivity index (χ1n) is 4.98. The zero-order valence-electron chi connectivity index (χ0n) is 8.95. The first-order chi connectivity index (χ1) is 7.15. The fourth-order valence-corrected chi connectivity index (χ4v) is 1.92. The van der Waals surface area contributed by atoms with Crippen LogP contribution < -0.4 is 0 Å². The number of fused-ring (bicyclic) bond motifs is 1. The van der Waals surface area contributed by atoms with E-state index in [1.165, 1.54) is 16.3 Å². The van der Waals surface area contributed by atoms with Gasteiger partial charge in [-0.3, -0.25) is 0 Å². The summed E-state index contributed by atoms with van der Waals surface area (Å²) >= 11 is 0. The van der Waals surface area contributed by atoms with Gasteiger partial charge in [-0.25, -0.2) is 0 Å². The minimum atomic E-state index is -0.322. The highest BCUT2D eigenvalue weighted by Crippen LogP contribution is 2.30. The molecule has 75 valence electrons. The summed E-state index contributed by atoms with van der Waals surface area (Å²) in [7, 11) is 3.14. The van der Waals surface area contributed by atoms with E-state index in [0.717, 1.165) is 0 Å². The van der Waals surface area contributed by atoms with Gasteiger partial charge in [0.25, 0.3) is 0 Å². The van der Waals surface area contributed by atoms with E-state index in [4.69, 9.17) is 4.43 Å². The normalized spacial score (nSPS) is 11.9. The van der Waals surface area contributed by atoms with Crippen molar-refractivity contribution >= 4 is 21.3 Å². The molecule has 2 rings (SSSR count). The Morgan fingerprint density at radius 3 is 2.40 bits per heavy atom. The third-order valence-electron chi connectivity index (χ3n) is 2.69. The van der Waals surface area contributed by atoms with Crippen LogP contribution in [0.25, 0.3) is 10.8 Å². The Kier molecular flexibility index (Phi) is 2.63. The molecule has 3 radical (unpaired) electrons. The van der Waals surface area contributed by atoms with E-state index < -0.39 is 0 Å². The largest absolute Gasteiger partial charge is 0.410 e. The average molecular weight is 213 g/mol. The van der Waals surface area contributed by atoms with Crippen LogP contribution in [0.1, 0.15) is 19.4 Å². The molecule has 0 aliphatic carbocycles. The lowest BCUT2D eigenvalue weighted by Gasteiger charge is -2.25. The van der Waals surface area contributed by atoms with Crippen molar-refractivity contribution in [1.82, 2.24) is 0 Å². The lowest BCUT2D eigenvalue weighted by Crippen LogP contribution is -2.20. The minimum Gasteiger partial charge on any atom is -0.410 e. The Morgan fingerprint density at radius 2 is 1.67 bits per heavy atom. The minimum absolute atomic E-state index is 0.322. The molecule has 0 spiro atoms. The van der Waals surface area contributed by atoms with Crippen molar-refractivity contribution in [3.8, 4) is 0 Å². The van der Waals surface area contributed by atoms with Crippen molar-refractivity contribution in [3.63, 3.8) is 0 Å². The molecule has 0 heterocycles. The van der Waals surface area contributed by atoms with Gasteiger partial charge in [-0.05, 0) is 30.2 Å². The lowest BCUT2D eigenvalue weighted by atomic mass is 9.93. The predicted octanol–water partition coefficient (Wildman–Crippen LogP) is 3.18. The van der Waals surface area contributed by atoms with Crippen molar-refractivity contribution in [2.75, 3.05) is 0 Å². The van der Waals surface area contributed by atoms with Crippen molar-refractivity contribution in [3.05, 3.63) is 48.0 Å². The Bertz CT molecular complexity index is 471. The second-order valence-electron chi connectivity index (χ2n) is 4.14. The van der Waals surface area contributed by atoms with Crippen LogP contribution in [0.3, 0.4) is 0 Å². The van der Waals surface area contributed by atoms with Crippen molar-refractivity contribution in [2.45, 2.75) is 19.4 Å². The van der Waals surface area contributed by atoms with Crippen LogP contribution in [0.2, 0.25) is 0 Å². The zero-order valence-corrected chi connectivity index (χ0v) is 9.95. The molecule has 0 atom stereocenters. The van der Waals surface area contributed by atoms with Gasteiger partial charge in [-0.15, -0.1) is 0 Å². The molecular formula is C13H13OSi. The van der Waals surface area contributed by atoms with Crippen molar-refractivity contribution < 1.29 is 4.43 Å². The van der Waals surface area contributed by atoms with Gasteiger partial charge in [0.15, 0.2) is 0 Å². The second-order valence-corrected chi connectivity index (χ2v) is 4.34. The van der Waals surface area contributed by atoms with Crippen LogP contribution in [0.4, 0.5) is 0 Å². The molecule has 2 heteroatoms. The SMILES string of the molecule is CC(C)(O[Si])c1cccc2ccccc12. The topological polar surface area (TPSA) is 9.23 Å². The number of hydrogen-bond acceptors (Lipinski definition) is 1. The first-order valence-corrected chi connectivity index (χ1v) is 5.39. The maximum atomic E-state index is 5.34. The van der Waals surface area contributed by atoms with E-state index in [9.17, 15) is 0 Å². The van der Waals surface area contributed by atoms with E-state index in [0.29, 0.717) is 0 Å². The number of hydrogen-bond donors (Lipinski definition) is 0. The molecule has 1 nitrogen and oxygen atoms in total. The molecule has 0 saturated carbocycles. The summed E-state index contributed by atoms with van der Waals surface area (Å²) in [5.74, 6) is 0. The molecule has 15 heavy (non-hydrogen) atoms. The van der Waals surface area contributed by atoms with Crippen LogP contribution in [-0.4, -0.2) is 10.5 Å². The molecule has 0 aliphatic rings. The smallest absolute Gasteiger partial charge is 0.247 e. The molecule has 2 aromatic rings. The van der Waals surface area contributed by atoms with Crippen LogP contribution in [0.15, 0.2) is 42.5 Å². The van der Waals surface area contributed by atoms with Crippen LogP contribution in [0, 0.1) is 0 Å². The molecule has 0 N–H and O–H groups in total. The van der Waals surface area contributed by atoms with Crippen molar-refractivity contribution in [2.24, 2.45) is 0 Å². The maximum absolute atomic E-state index is 5.34. The molecule has 0 unspecified atom stereocenters. The van der Waals surface area contributed by atoms with Gasteiger partial charge in [0, 0.05) is 0 Å². The highest BCUT2D eigenvalue weighted by Gasteiger charge is 2.20. The monoisotopic (exact) mass is 213 g/mol. The lowest BCUT2D eigenvalue weighted by molar-refractivity contribution is 0.125. The summed E-state index contributed by atoms with van der Waals surface area (Å²) in [6.45, 7) is 4.09. The van der Waals surface area contributed by atoms with E-state index in [1.54, 1.807) is 0 Å². The van der Waals surface area contributed by atoms with Crippen LogP contribution >= 0.6 is 0 Å². The van der Waals surface area contributed by atoms with Crippen molar-refractivity contribution in [1.29, 1.82) is 0 Å². The van der Waals surface area contributed by atoms with Crippen LogP contribution in [-0.2, 0) is 10.0 Å². The number of benzene rings is 2. The Labute approximate surface area is 93.6 Å². The highest BCUT2D eigenvalue weighted by atomic mass is 28.2. The fourth-order valence-electron chi connectivity index (χ4n) is 1.81. The van der Waals surface area contributed by atoms with Gasteiger partial charge in [-0.1, -0.05) is 42.5 Å². The Hall–Kier alpha value is -1.12.